The van der Waals surface area contributed by atoms with Gasteiger partial charge >= 0.3 is 0 Å². The lowest BCUT2D eigenvalue weighted by atomic mass is 9.93. The molecule has 1 aromatic rings. The molecular weight excluding hydrogens is 236 g/mol. The molecule has 0 bridgehead atoms. The minimum absolute atomic E-state index is 0.0677. The fourth-order valence-corrected chi connectivity index (χ4v) is 3.56. The van der Waals surface area contributed by atoms with Crippen molar-refractivity contribution in [3.8, 4) is 0 Å². The topological polar surface area (TPSA) is 51.2 Å². The fourth-order valence-electron chi connectivity index (χ4n) is 2.97. The zero-order valence-corrected chi connectivity index (χ0v) is 10.5. The van der Waals surface area contributed by atoms with Gasteiger partial charge in [-0.3, -0.25) is 9.78 Å². The standard InChI is InChI=1S/C12H16N2O2S/c15-11(6-9-7-13-8-17-9)14-12-3-1-2-10(12)16-5-4-12/h7-8,10H,1-6H2,(H,14,15)/t10-,12+/m1/s1. The summed E-state index contributed by atoms with van der Waals surface area (Å²) in [7, 11) is 0. The van der Waals surface area contributed by atoms with Crippen LogP contribution >= 0.6 is 11.3 Å². The van der Waals surface area contributed by atoms with Crippen molar-refractivity contribution in [2.75, 3.05) is 6.61 Å². The molecule has 1 saturated heterocycles. The molecule has 1 aliphatic heterocycles. The number of carbonyl (C=O) groups is 1. The molecule has 1 N–H and O–H groups in total. The fraction of sp³-hybridized carbons (Fsp3) is 0.667. The van der Waals surface area contributed by atoms with Crippen LogP contribution in [0.4, 0.5) is 0 Å². The van der Waals surface area contributed by atoms with Crippen LogP contribution in [0.3, 0.4) is 0 Å². The second-order valence-corrected chi connectivity index (χ2v) is 5.82. The average molecular weight is 252 g/mol. The third-order valence-electron chi connectivity index (χ3n) is 3.78. The molecule has 1 aliphatic carbocycles. The maximum absolute atomic E-state index is 12.0. The van der Waals surface area contributed by atoms with Crippen LogP contribution in [0.1, 0.15) is 30.6 Å². The lowest BCUT2D eigenvalue weighted by Gasteiger charge is -2.29. The molecule has 0 aromatic carbocycles. The largest absolute Gasteiger partial charge is 0.376 e. The molecule has 17 heavy (non-hydrogen) atoms. The van der Waals surface area contributed by atoms with E-state index in [1.54, 1.807) is 11.7 Å². The summed E-state index contributed by atoms with van der Waals surface area (Å²) in [6, 6.07) is 0. The number of rotatable bonds is 3. The Hall–Kier alpha value is -0.940. The minimum Gasteiger partial charge on any atom is -0.376 e. The van der Waals surface area contributed by atoms with E-state index in [4.69, 9.17) is 4.74 Å². The van der Waals surface area contributed by atoms with Crippen molar-refractivity contribution in [1.82, 2.24) is 10.3 Å². The summed E-state index contributed by atoms with van der Waals surface area (Å²) in [5.41, 5.74) is 1.69. The molecule has 2 aliphatic rings. The van der Waals surface area contributed by atoms with E-state index in [-0.39, 0.29) is 17.6 Å². The zero-order chi connectivity index (χ0) is 11.7. The van der Waals surface area contributed by atoms with Gasteiger partial charge in [0.25, 0.3) is 0 Å². The van der Waals surface area contributed by atoms with Gasteiger partial charge in [0.1, 0.15) is 0 Å². The number of hydrogen-bond acceptors (Lipinski definition) is 4. The van der Waals surface area contributed by atoms with Crippen molar-refractivity contribution in [2.45, 2.75) is 43.7 Å². The lowest BCUT2D eigenvalue weighted by Crippen LogP contribution is -2.51. The maximum Gasteiger partial charge on any atom is 0.225 e. The van der Waals surface area contributed by atoms with E-state index in [1.807, 2.05) is 0 Å². The molecule has 1 amide bonds. The second kappa shape index (κ2) is 4.38. The average Bonchev–Trinajstić information content (AvgIpc) is 2.92. The first-order valence-corrected chi connectivity index (χ1v) is 6.96. The normalized spacial score (nSPS) is 31.4. The number of hydrogen-bond donors (Lipinski definition) is 1. The molecule has 2 heterocycles. The molecule has 2 fully saturated rings. The Balaban J connectivity index is 1.64. The van der Waals surface area contributed by atoms with Crippen LogP contribution in [0.25, 0.3) is 0 Å². The highest BCUT2D eigenvalue weighted by Gasteiger charge is 2.48. The first-order chi connectivity index (χ1) is 8.28. The lowest BCUT2D eigenvalue weighted by molar-refractivity contribution is -0.122. The zero-order valence-electron chi connectivity index (χ0n) is 9.65. The van der Waals surface area contributed by atoms with Gasteiger partial charge in [0.05, 0.1) is 23.6 Å². The van der Waals surface area contributed by atoms with Gasteiger partial charge in [-0.25, -0.2) is 0 Å². The van der Waals surface area contributed by atoms with E-state index < -0.39 is 0 Å². The van der Waals surface area contributed by atoms with Crippen LogP contribution in [0.2, 0.25) is 0 Å². The SMILES string of the molecule is O=C(Cc1cncs1)N[C@]12CCC[C@H]1OCC2. The van der Waals surface area contributed by atoms with Crippen LogP contribution in [0.15, 0.2) is 11.7 Å². The summed E-state index contributed by atoms with van der Waals surface area (Å²) in [5, 5.41) is 3.21. The smallest absolute Gasteiger partial charge is 0.225 e. The quantitative estimate of drug-likeness (QED) is 0.887. The van der Waals surface area contributed by atoms with E-state index >= 15 is 0 Å². The number of nitrogens with one attached hydrogen (secondary N) is 1. The van der Waals surface area contributed by atoms with Crippen molar-refractivity contribution in [3.63, 3.8) is 0 Å². The van der Waals surface area contributed by atoms with Gasteiger partial charge in [-0.1, -0.05) is 0 Å². The summed E-state index contributed by atoms with van der Waals surface area (Å²) >= 11 is 1.53. The Kier molecular flexibility index (Phi) is 2.88. The molecular formula is C12H16N2O2S. The monoisotopic (exact) mass is 252 g/mol. The van der Waals surface area contributed by atoms with Crippen LogP contribution < -0.4 is 5.32 Å². The molecule has 1 saturated carbocycles. The van der Waals surface area contributed by atoms with Crippen molar-refractivity contribution < 1.29 is 9.53 Å². The molecule has 5 heteroatoms. The van der Waals surface area contributed by atoms with Crippen LogP contribution in [0.5, 0.6) is 0 Å². The molecule has 2 atom stereocenters. The summed E-state index contributed by atoms with van der Waals surface area (Å²) in [5.74, 6) is 0.103. The highest BCUT2D eigenvalue weighted by molar-refractivity contribution is 7.09. The third kappa shape index (κ3) is 2.09. The Bertz CT molecular complexity index is 395. The Labute approximate surface area is 104 Å². The summed E-state index contributed by atoms with van der Waals surface area (Å²) in [4.78, 5) is 17.0. The number of ether oxygens (including phenoxy) is 1. The van der Waals surface area contributed by atoms with E-state index in [2.05, 4.69) is 10.3 Å². The van der Waals surface area contributed by atoms with Crippen molar-refractivity contribution >= 4 is 17.2 Å². The first-order valence-electron chi connectivity index (χ1n) is 6.08. The summed E-state index contributed by atoms with van der Waals surface area (Å²) in [6.07, 6.45) is 6.72. The molecule has 4 nitrogen and oxygen atoms in total. The number of carbonyl (C=O) groups excluding carboxylic acids is 1. The molecule has 0 radical (unpaired) electrons. The van der Waals surface area contributed by atoms with Crippen molar-refractivity contribution in [1.29, 1.82) is 0 Å². The highest BCUT2D eigenvalue weighted by Crippen LogP contribution is 2.39. The van der Waals surface area contributed by atoms with Crippen LogP contribution in [-0.2, 0) is 16.0 Å². The highest BCUT2D eigenvalue weighted by atomic mass is 32.1. The number of aromatic nitrogens is 1. The van der Waals surface area contributed by atoms with Crippen LogP contribution in [-0.4, -0.2) is 29.1 Å². The van der Waals surface area contributed by atoms with Gasteiger partial charge < -0.3 is 10.1 Å². The number of fused-ring (bicyclic) bond motifs is 1. The minimum atomic E-state index is -0.0677. The van der Waals surface area contributed by atoms with Crippen molar-refractivity contribution in [3.05, 3.63) is 16.6 Å². The van der Waals surface area contributed by atoms with E-state index in [0.717, 1.165) is 37.2 Å². The van der Waals surface area contributed by atoms with E-state index in [0.29, 0.717) is 6.42 Å². The maximum atomic E-state index is 12.0. The number of nitrogens with zero attached hydrogens (tertiary/aromatic N) is 1. The predicted octanol–water partition coefficient (Wildman–Crippen LogP) is 1.51. The molecule has 1 aromatic heterocycles. The summed E-state index contributed by atoms with van der Waals surface area (Å²) < 4.78 is 5.69. The molecule has 92 valence electrons. The van der Waals surface area contributed by atoms with Gasteiger partial charge in [0.2, 0.25) is 5.91 Å². The third-order valence-corrected chi connectivity index (χ3v) is 4.56. The van der Waals surface area contributed by atoms with E-state index in [1.165, 1.54) is 11.3 Å². The molecule has 3 rings (SSSR count). The van der Waals surface area contributed by atoms with Gasteiger partial charge in [-0.2, -0.15) is 0 Å². The molecule has 0 unspecified atom stereocenters. The number of thiazole rings is 1. The first kappa shape index (κ1) is 11.2. The van der Waals surface area contributed by atoms with E-state index in [9.17, 15) is 4.79 Å². The van der Waals surface area contributed by atoms with Gasteiger partial charge in [-0.05, 0) is 25.7 Å². The van der Waals surface area contributed by atoms with Crippen molar-refractivity contribution in [2.24, 2.45) is 0 Å². The van der Waals surface area contributed by atoms with Gasteiger partial charge in [0.15, 0.2) is 0 Å². The Morgan fingerprint density at radius 1 is 1.65 bits per heavy atom. The van der Waals surface area contributed by atoms with Gasteiger partial charge in [-0.15, -0.1) is 11.3 Å². The van der Waals surface area contributed by atoms with Gasteiger partial charge in [0, 0.05) is 17.7 Å². The second-order valence-electron chi connectivity index (χ2n) is 4.85. The Morgan fingerprint density at radius 2 is 2.59 bits per heavy atom. The Morgan fingerprint density at radius 3 is 3.41 bits per heavy atom. The predicted molar refractivity (Wildman–Crippen MR) is 64.9 cm³/mol. The van der Waals surface area contributed by atoms with Crippen LogP contribution in [0, 0.1) is 0 Å². The summed E-state index contributed by atoms with van der Waals surface area (Å²) in [6.45, 7) is 0.783. The number of amides is 1. The molecule has 0 spiro atoms.